The minimum Gasteiger partial charge on any atom is -0.496 e. The Morgan fingerprint density at radius 1 is 1.02 bits per heavy atom. The first-order valence-electron chi connectivity index (χ1n) is 15.4. The lowest BCUT2D eigenvalue weighted by molar-refractivity contribution is 0.0542. The van der Waals surface area contributed by atoms with Crippen molar-refractivity contribution in [2.75, 3.05) is 20.8 Å². The lowest BCUT2D eigenvalue weighted by atomic mass is 9.83. The van der Waals surface area contributed by atoms with E-state index in [9.17, 15) is 9.59 Å². The Bertz CT molecular complexity index is 1680. The van der Waals surface area contributed by atoms with Crippen molar-refractivity contribution in [2.24, 2.45) is 0 Å². The lowest BCUT2D eigenvalue weighted by Gasteiger charge is -2.40. The molecule has 1 saturated carbocycles. The second-order valence-corrected chi connectivity index (χ2v) is 13.1. The van der Waals surface area contributed by atoms with E-state index < -0.39 is 11.7 Å². The van der Waals surface area contributed by atoms with Gasteiger partial charge in [0.05, 0.1) is 37.5 Å². The normalized spacial score (nSPS) is 19.2. The summed E-state index contributed by atoms with van der Waals surface area (Å²) in [5.41, 5.74) is 5.17. The van der Waals surface area contributed by atoms with E-state index in [1.54, 1.807) is 17.9 Å². The van der Waals surface area contributed by atoms with Gasteiger partial charge in [-0.15, -0.1) is 0 Å². The smallest absolute Gasteiger partial charge is 0.419 e. The van der Waals surface area contributed by atoms with Crippen molar-refractivity contribution in [3.8, 4) is 5.75 Å². The molecule has 0 bridgehead atoms. The molecule has 0 radical (unpaired) electrons. The van der Waals surface area contributed by atoms with Crippen molar-refractivity contribution in [1.82, 2.24) is 19.2 Å². The number of hydrogen-bond donors (Lipinski definition) is 0. The van der Waals surface area contributed by atoms with E-state index in [1.807, 2.05) is 70.3 Å². The van der Waals surface area contributed by atoms with Crippen LogP contribution in [0, 0.1) is 6.92 Å². The van der Waals surface area contributed by atoms with Crippen molar-refractivity contribution in [1.29, 1.82) is 0 Å². The molecule has 3 heterocycles. The zero-order valence-electron chi connectivity index (χ0n) is 26.5. The van der Waals surface area contributed by atoms with Gasteiger partial charge in [-0.2, -0.15) is 5.10 Å². The second kappa shape index (κ2) is 11.8. The average Bonchev–Trinajstić information content (AvgIpc) is 3.54. The van der Waals surface area contributed by atoms with Crippen LogP contribution in [0.4, 0.5) is 4.79 Å². The summed E-state index contributed by atoms with van der Waals surface area (Å²) in [4.78, 5) is 27.8. The molecule has 0 N–H and O–H groups in total. The quantitative estimate of drug-likeness (QED) is 0.208. The maximum Gasteiger partial charge on any atom is 0.419 e. The fourth-order valence-electron chi connectivity index (χ4n) is 6.49. The molecule has 2 fully saturated rings. The third kappa shape index (κ3) is 5.98. The van der Waals surface area contributed by atoms with Gasteiger partial charge < -0.3 is 14.2 Å². The van der Waals surface area contributed by atoms with Crippen molar-refractivity contribution in [3.63, 3.8) is 0 Å². The van der Waals surface area contributed by atoms with E-state index in [1.165, 1.54) is 25.5 Å². The van der Waals surface area contributed by atoms with E-state index in [2.05, 4.69) is 20.9 Å². The Morgan fingerprint density at radius 2 is 1.77 bits per heavy atom. The molecule has 0 amide bonds. The Balaban J connectivity index is 1.35. The van der Waals surface area contributed by atoms with E-state index in [0.717, 1.165) is 52.7 Å². The number of rotatable bonds is 7. The van der Waals surface area contributed by atoms with Gasteiger partial charge in [0.1, 0.15) is 11.4 Å². The Kier molecular flexibility index (Phi) is 8.01. The predicted octanol–water partition coefficient (Wildman–Crippen LogP) is 7.18. The first kappa shape index (κ1) is 29.9. The minimum atomic E-state index is -0.604. The van der Waals surface area contributed by atoms with Gasteiger partial charge in [0.2, 0.25) is 0 Å². The summed E-state index contributed by atoms with van der Waals surface area (Å²) in [6, 6.07) is 12.4. The Labute approximate surface area is 258 Å². The number of aryl methyl sites for hydroxylation is 1. The number of ether oxygens (including phenoxy) is 3. The lowest BCUT2D eigenvalue weighted by Crippen LogP contribution is -2.36. The third-order valence-corrected chi connectivity index (χ3v) is 8.85. The molecular formula is C35H42N4O5. The van der Waals surface area contributed by atoms with Gasteiger partial charge >= 0.3 is 12.1 Å². The summed E-state index contributed by atoms with van der Waals surface area (Å²) in [6.45, 7) is 9.11. The number of aromatic nitrogens is 3. The molecule has 2 aliphatic rings. The zero-order chi connectivity index (χ0) is 31.2. The molecule has 1 aliphatic carbocycles. The van der Waals surface area contributed by atoms with E-state index >= 15 is 0 Å². The molecule has 9 nitrogen and oxygen atoms in total. The number of likely N-dealkylation sites (tertiary alicyclic amines) is 1. The topological polar surface area (TPSA) is 87.8 Å². The summed E-state index contributed by atoms with van der Waals surface area (Å²) in [5, 5.41) is 5.65. The summed E-state index contributed by atoms with van der Waals surface area (Å²) in [6.07, 6.45) is 10.0. The van der Waals surface area contributed by atoms with Crippen molar-refractivity contribution < 1.29 is 23.8 Å². The SMILES string of the molecule is COC(=O)c1ccc([C@@H]2CC(c3cnn(C4CC4)c3)CCN2Cc2c(OC)cc(C)c3c2ccn3C(=O)OC(C)(C)C)cc1. The van der Waals surface area contributed by atoms with Gasteiger partial charge in [0.15, 0.2) is 0 Å². The van der Waals surface area contributed by atoms with Gasteiger partial charge in [0.25, 0.3) is 0 Å². The highest BCUT2D eigenvalue weighted by atomic mass is 16.6. The molecule has 44 heavy (non-hydrogen) atoms. The van der Waals surface area contributed by atoms with Gasteiger partial charge in [-0.1, -0.05) is 12.1 Å². The molecular weight excluding hydrogens is 556 g/mol. The van der Waals surface area contributed by atoms with Gasteiger partial charge in [0, 0.05) is 35.9 Å². The number of methoxy groups -OCH3 is 2. The Hall–Kier alpha value is -4.11. The number of carbonyl (C=O) groups excluding carboxylic acids is 2. The van der Waals surface area contributed by atoms with Crippen LogP contribution in [0.25, 0.3) is 10.9 Å². The Morgan fingerprint density at radius 3 is 2.43 bits per heavy atom. The number of piperidine rings is 1. The number of carbonyl (C=O) groups is 2. The standard InChI is InChI=1S/C35H42N4O5/c1-22-17-31(42-5)29(28-14-16-38(32(22)28)34(41)44-35(2,3)4)21-37-15-13-25(26-19-36-39(20-26)27-11-12-27)18-30(37)23-7-9-24(10-8-23)33(40)43-6/h7-10,14,16-17,19-20,25,27,30H,11-13,15,18,21H2,1-6H3/t25?,30-/m0/s1. The summed E-state index contributed by atoms with van der Waals surface area (Å²) < 4.78 is 20.3. The van der Waals surface area contributed by atoms with Crippen LogP contribution in [0.2, 0.25) is 0 Å². The number of benzene rings is 2. The molecule has 4 aromatic rings. The molecule has 232 valence electrons. The molecule has 2 atom stereocenters. The van der Waals surface area contributed by atoms with Crippen LogP contribution >= 0.6 is 0 Å². The van der Waals surface area contributed by atoms with E-state index in [0.29, 0.717) is 24.1 Å². The molecule has 2 aromatic carbocycles. The highest BCUT2D eigenvalue weighted by Gasteiger charge is 2.34. The van der Waals surface area contributed by atoms with E-state index in [-0.39, 0.29) is 12.0 Å². The molecule has 1 aliphatic heterocycles. The van der Waals surface area contributed by atoms with E-state index in [4.69, 9.17) is 14.2 Å². The number of hydrogen-bond acceptors (Lipinski definition) is 7. The molecule has 2 aromatic heterocycles. The maximum absolute atomic E-state index is 13.2. The zero-order valence-corrected chi connectivity index (χ0v) is 26.5. The summed E-state index contributed by atoms with van der Waals surface area (Å²) >= 11 is 0. The van der Waals surface area contributed by atoms with Crippen LogP contribution in [0.15, 0.2) is 55.0 Å². The van der Waals surface area contributed by atoms with Gasteiger partial charge in [-0.05, 0) is 107 Å². The largest absolute Gasteiger partial charge is 0.496 e. The maximum atomic E-state index is 13.2. The number of fused-ring (bicyclic) bond motifs is 1. The molecule has 1 unspecified atom stereocenters. The highest BCUT2D eigenvalue weighted by Crippen LogP contribution is 2.43. The molecule has 0 spiro atoms. The van der Waals surface area contributed by atoms with Crippen molar-refractivity contribution >= 4 is 23.0 Å². The summed E-state index contributed by atoms with van der Waals surface area (Å²) in [7, 11) is 3.10. The van der Waals surface area contributed by atoms with Crippen LogP contribution in [0.1, 0.15) is 97.1 Å². The summed E-state index contributed by atoms with van der Waals surface area (Å²) in [5.74, 6) is 0.825. The monoisotopic (exact) mass is 598 g/mol. The third-order valence-electron chi connectivity index (χ3n) is 8.85. The first-order valence-corrected chi connectivity index (χ1v) is 15.4. The van der Waals surface area contributed by atoms with Crippen molar-refractivity contribution in [3.05, 3.63) is 82.8 Å². The first-order chi connectivity index (χ1) is 21.1. The van der Waals surface area contributed by atoms with Crippen LogP contribution in [0.3, 0.4) is 0 Å². The van der Waals surface area contributed by atoms with Gasteiger partial charge in [-0.25, -0.2) is 9.59 Å². The predicted molar refractivity (Wildman–Crippen MR) is 168 cm³/mol. The number of esters is 1. The van der Waals surface area contributed by atoms with Gasteiger partial charge in [-0.3, -0.25) is 14.1 Å². The van der Waals surface area contributed by atoms with Crippen molar-refractivity contribution in [2.45, 2.75) is 83.5 Å². The highest BCUT2D eigenvalue weighted by molar-refractivity contribution is 5.95. The molecule has 1 saturated heterocycles. The average molecular weight is 599 g/mol. The number of nitrogens with zero attached hydrogens (tertiary/aromatic N) is 4. The fraction of sp³-hybridized carbons (Fsp3) is 0.457. The molecule has 6 rings (SSSR count). The van der Waals surface area contributed by atoms with Crippen LogP contribution in [0.5, 0.6) is 5.75 Å². The fourth-order valence-corrected chi connectivity index (χ4v) is 6.49. The van der Waals surface area contributed by atoms with Crippen LogP contribution in [-0.2, 0) is 16.0 Å². The van der Waals surface area contributed by atoms with Crippen LogP contribution < -0.4 is 4.74 Å². The second-order valence-electron chi connectivity index (χ2n) is 13.1. The van der Waals surface area contributed by atoms with Crippen LogP contribution in [-0.4, -0.2) is 57.7 Å². The molecule has 9 heteroatoms. The minimum absolute atomic E-state index is 0.0960.